The lowest BCUT2D eigenvalue weighted by Gasteiger charge is -2.36. The van der Waals surface area contributed by atoms with Crippen molar-refractivity contribution in [3.05, 3.63) is 54.1 Å². The summed E-state index contributed by atoms with van der Waals surface area (Å²) in [7, 11) is 1.70. The smallest absolute Gasteiger partial charge is 0.255 e. The van der Waals surface area contributed by atoms with Crippen molar-refractivity contribution in [2.24, 2.45) is 0 Å². The quantitative estimate of drug-likeness (QED) is 0.764. The van der Waals surface area contributed by atoms with Gasteiger partial charge in [0.1, 0.15) is 5.75 Å². The first-order chi connectivity index (χ1) is 12.2. The number of amides is 1. The third-order valence-electron chi connectivity index (χ3n) is 4.41. The SMILES string of the molecule is CCSc1ccccc1C(=O)N1CCN(c2ccccc2OC)CC1. The number of benzene rings is 2. The molecular formula is C20H24N2O2S. The maximum absolute atomic E-state index is 12.9. The lowest BCUT2D eigenvalue weighted by Crippen LogP contribution is -2.49. The van der Waals surface area contributed by atoms with Crippen LogP contribution in [0.15, 0.2) is 53.4 Å². The second kappa shape index (κ2) is 8.30. The van der Waals surface area contributed by atoms with Crippen LogP contribution in [0.25, 0.3) is 0 Å². The molecular weight excluding hydrogens is 332 g/mol. The van der Waals surface area contributed by atoms with Crippen molar-refractivity contribution in [2.75, 3.05) is 43.9 Å². The fraction of sp³-hybridized carbons (Fsp3) is 0.350. The zero-order valence-electron chi connectivity index (χ0n) is 14.8. The van der Waals surface area contributed by atoms with Crippen molar-refractivity contribution in [3.8, 4) is 5.75 Å². The Balaban J connectivity index is 1.69. The highest BCUT2D eigenvalue weighted by molar-refractivity contribution is 7.99. The van der Waals surface area contributed by atoms with Crippen molar-refractivity contribution in [1.82, 2.24) is 4.90 Å². The van der Waals surface area contributed by atoms with Gasteiger partial charge in [0, 0.05) is 31.1 Å². The molecule has 0 aromatic heterocycles. The summed E-state index contributed by atoms with van der Waals surface area (Å²) < 4.78 is 5.46. The molecule has 1 amide bonds. The summed E-state index contributed by atoms with van der Waals surface area (Å²) in [5.74, 6) is 1.98. The monoisotopic (exact) mass is 356 g/mol. The van der Waals surface area contributed by atoms with E-state index < -0.39 is 0 Å². The summed E-state index contributed by atoms with van der Waals surface area (Å²) in [5, 5.41) is 0. The fourth-order valence-electron chi connectivity index (χ4n) is 3.14. The third kappa shape index (κ3) is 3.93. The number of para-hydroxylation sites is 2. The van der Waals surface area contributed by atoms with E-state index in [9.17, 15) is 4.79 Å². The molecule has 1 fully saturated rings. The standard InChI is InChI=1S/C20H24N2O2S/c1-3-25-19-11-7-4-8-16(19)20(23)22-14-12-21(13-15-22)17-9-5-6-10-18(17)24-2/h4-11H,3,12-15H2,1-2H3. The Kier molecular flexibility index (Phi) is 5.87. The zero-order chi connectivity index (χ0) is 17.6. The number of carbonyl (C=O) groups excluding carboxylic acids is 1. The largest absolute Gasteiger partial charge is 0.495 e. The van der Waals surface area contributed by atoms with Crippen LogP contribution >= 0.6 is 11.8 Å². The number of hydrogen-bond acceptors (Lipinski definition) is 4. The fourth-order valence-corrected chi connectivity index (χ4v) is 3.93. The van der Waals surface area contributed by atoms with E-state index in [4.69, 9.17) is 4.74 Å². The van der Waals surface area contributed by atoms with E-state index in [0.29, 0.717) is 0 Å². The molecule has 25 heavy (non-hydrogen) atoms. The molecule has 0 spiro atoms. The van der Waals surface area contributed by atoms with Crippen LogP contribution < -0.4 is 9.64 Å². The average molecular weight is 356 g/mol. The molecule has 0 bridgehead atoms. The van der Waals surface area contributed by atoms with Gasteiger partial charge in [0.15, 0.2) is 0 Å². The van der Waals surface area contributed by atoms with Gasteiger partial charge in [0.25, 0.3) is 5.91 Å². The Morgan fingerprint density at radius 1 is 1.04 bits per heavy atom. The second-order valence-corrected chi connectivity index (χ2v) is 7.19. The summed E-state index contributed by atoms with van der Waals surface area (Å²) >= 11 is 1.72. The Bertz CT molecular complexity index is 727. The van der Waals surface area contributed by atoms with Gasteiger partial charge >= 0.3 is 0 Å². The maximum Gasteiger partial charge on any atom is 0.255 e. The maximum atomic E-state index is 12.9. The molecule has 0 unspecified atom stereocenters. The van der Waals surface area contributed by atoms with Gasteiger partial charge in [-0.3, -0.25) is 4.79 Å². The van der Waals surface area contributed by atoms with Crippen LogP contribution in [-0.2, 0) is 0 Å². The molecule has 2 aromatic rings. The zero-order valence-corrected chi connectivity index (χ0v) is 15.6. The molecule has 0 aliphatic carbocycles. The minimum absolute atomic E-state index is 0.135. The van der Waals surface area contributed by atoms with Gasteiger partial charge < -0.3 is 14.5 Å². The normalized spacial score (nSPS) is 14.5. The number of ether oxygens (including phenoxy) is 1. The van der Waals surface area contributed by atoms with Crippen LogP contribution in [0, 0.1) is 0 Å². The van der Waals surface area contributed by atoms with Crippen molar-refractivity contribution in [3.63, 3.8) is 0 Å². The number of hydrogen-bond donors (Lipinski definition) is 0. The van der Waals surface area contributed by atoms with Crippen LogP contribution in [0.4, 0.5) is 5.69 Å². The predicted molar refractivity (Wildman–Crippen MR) is 104 cm³/mol. The van der Waals surface area contributed by atoms with Gasteiger partial charge in [0.05, 0.1) is 18.4 Å². The molecule has 1 aliphatic rings. The number of carbonyl (C=O) groups is 1. The van der Waals surface area contributed by atoms with Gasteiger partial charge in [0.2, 0.25) is 0 Å². The van der Waals surface area contributed by atoms with E-state index in [-0.39, 0.29) is 5.91 Å². The van der Waals surface area contributed by atoms with E-state index in [0.717, 1.165) is 53.8 Å². The lowest BCUT2D eigenvalue weighted by molar-refractivity contribution is 0.0743. The molecule has 1 aliphatic heterocycles. The Labute approximate surface area is 153 Å². The van der Waals surface area contributed by atoms with Crippen LogP contribution in [0.1, 0.15) is 17.3 Å². The Morgan fingerprint density at radius 2 is 1.72 bits per heavy atom. The number of rotatable bonds is 5. The molecule has 3 rings (SSSR count). The number of piperazine rings is 1. The van der Waals surface area contributed by atoms with Gasteiger partial charge in [-0.15, -0.1) is 11.8 Å². The summed E-state index contributed by atoms with van der Waals surface area (Å²) in [6.45, 7) is 5.19. The van der Waals surface area contributed by atoms with E-state index in [1.807, 2.05) is 47.4 Å². The first-order valence-electron chi connectivity index (χ1n) is 8.63. The molecule has 1 heterocycles. The Hall–Kier alpha value is -2.14. The number of methoxy groups -OCH3 is 1. The van der Waals surface area contributed by atoms with Crippen LogP contribution in [0.3, 0.4) is 0 Å². The highest BCUT2D eigenvalue weighted by Crippen LogP contribution is 2.29. The second-order valence-electron chi connectivity index (χ2n) is 5.88. The summed E-state index contributed by atoms with van der Waals surface area (Å²) in [6, 6.07) is 16.0. The number of thioether (sulfide) groups is 1. The molecule has 0 atom stereocenters. The predicted octanol–water partition coefficient (Wildman–Crippen LogP) is 3.77. The van der Waals surface area contributed by atoms with Crippen molar-refractivity contribution < 1.29 is 9.53 Å². The topological polar surface area (TPSA) is 32.8 Å². The van der Waals surface area contributed by atoms with Crippen LogP contribution in [-0.4, -0.2) is 49.8 Å². The summed E-state index contributed by atoms with van der Waals surface area (Å²) in [6.07, 6.45) is 0. The molecule has 1 saturated heterocycles. The van der Waals surface area contributed by atoms with E-state index in [1.54, 1.807) is 18.9 Å². The molecule has 4 nitrogen and oxygen atoms in total. The average Bonchev–Trinajstić information content (AvgIpc) is 2.68. The molecule has 132 valence electrons. The molecule has 0 saturated carbocycles. The summed E-state index contributed by atoms with van der Waals surface area (Å²) in [5.41, 5.74) is 1.92. The van der Waals surface area contributed by atoms with Crippen molar-refractivity contribution in [2.45, 2.75) is 11.8 Å². The lowest BCUT2D eigenvalue weighted by atomic mass is 10.1. The Morgan fingerprint density at radius 3 is 2.44 bits per heavy atom. The first kappa shape index (κ1) is 17.7. The van der Waals surface area contributed by atoms with Gasteiger partial charge in [-0.05, 0) is 30.0 Å². The van der Waals surface area contributed by atoms with Gasteiger partial charge in [-0.1, -0.05) is 31.2 Å². The van der Waals surface area contributed by atoms with Crippen molar-refractivity contribution >= 4 is 23.4 Å². The van der Waals surface area contributed by atoms with Gasteiger partial charge in [-0.2, -0.15) is 0 Å². The highest BCUT2D eigenvalue weighted by Gasteiger charge is 2.24. The molecule has 2 aromatic carbocycles. The molecule has 0 N–H and O–H groups in total. The minimum atomic E-state index is 0.135. The van der Waals surface area contributed by atoms with Crippen molar-refractivity contribution in [1.29, 1.82) is 0 Å². The van der Waals surface area contributed by atoms with Gasteiger partial charge in [-0.25, -0.2) is 0 Å². The van der Waals surface area contributed by atoms with E-state index >= 15 is 0 Å². The van der Waals surface area contributed by atoms with E-state index in [1.165, 1.54) is 0 Å². The summed E-state index contributed by atoms with van der Waals surface area (Å²) in [4.78, 5) is 18.2. The minimum Gasteiger partial charge on any atom is -0.495 e. The van der Waals surface area contributed by atoms with Crippen LogP contribution in [0.2, 0.25) is 0 Å². The van der Waals surface area contributed by atoms with E-state index in [2.05, 4.69) is 17.9 Å². The number of anilines is 1. The molecule has 0 radical (unpaired) electrons. The van der Waals surface area contributed by atoms with Crippen LogP contribution in [0.5, 0.6) is 5.75 Å². The third-order valence-corrected chi connectivity index (χ3v) is 5.37. The molecule has 5 heteroatoms. The highest BCUT2D eigenvalue weighted by atomic mass is 32.2. The number of nitrogens with zero attached hydrogens (tertiary/aromatic N) is 2. The first-order valence-corrected chi connectivity index (χ1v) is 9.62.